The SMILES string of the molecule is O=C(O)CCC1CCN(c2nccn3nccc23)CC1. The van der Waals surface area contributed by atoms with Crippen LogP contribution in [-0.2, 0) is 4.79 Å². The lowest BCUT2D eigenvalue weighted by Crippen LogP contribution is -2.34. The molecule has 6 heteroatoms. The van der Waals surface area contributed by atoms with Crippen LogP contribution >= 0.6 is 0 Å². The van der Waals surface area contributed by atoms with E-state index in [4.69, 9.17) is 5.11 Å². The van der Waals surface area contributed by atoms with Crippen LogP contribution in [0.1, 0.15) is 25.7 Å². The van der Waals surface area contributed by atoms with Gasteiger partial charge in [0.1, 0.15) is 5.52 Å². The van der Waals surface area contributed by atoms with Gasteiger partial charge in [0.05, 0.1) is 6.20 Å². The van der Waals surface area contributed by atoms with Crippen molar-refractivity contribution < 1.29 is 9.90 Å². The van der Waals surface area contributed by atoms with Gasteiger partial charge in [-0.3, -0.25) is 4.79 Å². The molecule has 1 aliphatic heterocycles. The number of carboxylic acid groups (broad SMARTS) is 1. The number of piperidine rings is 1. The smallest absolute Gasteiger partial charge is 0.303 e. The van der Waals surface area contributed by atoms with Crippen LogP contribution in [0.15, 0.2) is 24.7 Å². The van der Waals surface area contributed by atoms with Crippen molar-refractivity contribution in [3.8, 4) is 0 Å². The first kappa shape index (κ1) is 12.9. The molecule has 0 bridgehead atoms. The van der Waals surface area contributed by atoms with Crippen LogP contribution < -0.4 is 4.90 Å². The summed E-state index contributed by atoms with van der Waals surface area (Å²) in [5, 5.41) is 13.0. The fourth-order valence-corrected chi connectivity index (χ4v) is 2.85. The number of nitrogens with zero attached hydrogens (tertiary/aromatic N) is 4. The lowest BCUT2D eigenvalue weighted by Gasteiger charge is -2.32. The van der Waals surface area contributed by atoms with Crippen LogP contribution in [0.4, 0.5) is 5.82 Å². The molecule has 3 heterocycles. The molecule has 0 radical (unpaired) electrons. The molecule has 1 fully saturated rings. The summed E-state index contributed by atoms with van der Waals surface area (Å²) in [6, 6.07) is 1.97. The van der Waals surface area contributed by atoms with E-state index < -0.39 is 5.97 Å². The minimum atomic E-state index is -0.696. The molecule has 0 atom stereocenters. The summed E-state index contributed by atoms with van der Waals surface area (Å²) in [6.45, 7) is 1.87. The third-order valence-electron chi connectivity index (χ3n) is 3.98. The molecule has 3 rings (SSSR count). The van der Waals surface area contributed by atoms with Gasteiger partial charge in [-0.1, -0.05) is 0 Å². The number of rotatable bonds is 4. The highest BCUT2D eigenvalue weighted by Crippen LogP contribution is 2.27. The molecule has 106 valence electrons. The number of anilines is 1. The van der Waals surface area contributed by atoms with Crippen molar-refractivity contribution in [2.75, 3.05) is 18.0 Å². The minimum absolute atomic E-state index is 0.279. The number of hydrogen-bond acceptors (Lipinski definition) is 4. The molecule has 1 saturated heterocycles. The van der Waals surface area contributed by atoms with Crippen molar-refractivity contribution in [1.29, 1.82) is 0 Å². The third kappa shape index (κ3) is 2.59. The first-order valence-electron chi connectivity index (χ1n) is 6.99. The lowest BCUT2D eigenvalue weighted by molar-refractivity contribution is -0.137. The molecule has 1 N–H and O–H groups in total. The van der Waals surface area contributed by atoms with Gasteiger partial charge in [-0.2, -0.15) is 5.10 Å². The van der Waals surface area contributed by atoms with Gasteiger partial charge in [-0.05, 0) is 31.2 Å². The average molecular weight is 274 g/mol. The molecule has 0 saturated carbocycles. The lowest BCUT2D eigenvalue weighted by atomic mass is 9.92. The second-order valence-electron chi connectivity index (χ2n) is 5.27. The summed E-state index contributed by atoms with van der Waals surface area (Å²) in [6.07, 6.45) is 8.52. The van der Waals surface area contributed by atoms with E-state index >= 15 is 0 Å². The predicted molar refractivity (Wildman–Crippen MR) is 74.8 cm³/mol. The number of fused-ring (bicyclic) bond motifs is 1. The van der Waals surface area contributed by atoms with Gasteiger partial charge in [-0.15, -0.1) is 0 Å². The Bertz CT molecular complexity index is 602. The zero-order valence-electron chi connectivity index (χ0n) is 11.3. The van der Waals surface area contributed by atoms with E-state index in [0.29, 0.717) is 5.92 Å². The molecule has 0 spiro atoms. The van der Waals surface area contributed by atoms with E-state index in [9.17, 15) is 4.79 Å². The summed E-state index contributed by atoms with van der Waals surface area (Å²) in [5.74, 6) is 0.798. The molecular formula is C14H18N4O2. The topological polar surface area (TPSA) is 70.7 Å². The van der Waals surface area contributed by atoms with Crippen LogP contribution in [-0.4, -0.2) is 38.8 Å². The zero-order chi connectivity index (χ0) is 13.9. The first-order chi connectivity index (χ1) is 9.74. The quantitative estimate of drug-likeness (QED) is 0.920. The Morgan fingerprint density at radius 1 is 1.35 bits per heavy atom. The predicted octanol–water partition coefficient (Wildman–Crippen LogP) is 1.81. The van der Waals surface area contributed by atoms with Crippen LogP contribution in [0.5, 0.6) is 0 Å². The molecule has 2 aromatic rings. The minimum Gasteiger partial charge on any atom is -0.481 e. The van der Waals surface area contributed by atoms with Crippen LogP contribution in [0, 0.1) is 5.92 Å². The maximum absolute atomic E-state index is 10.6. The maximum atomic E-state index is 10.6. The molecular weight excluding hydrogens is 256 g/mol. The molecule has 20 heavy (non-hydrogen) atoms. The van der Waals surface area contributed by atoms with E-state index in [1.807, 2.05) is 16.8 Å². The van der Waals surface area contributed by atoms with E-state index in [0.717, 1.165) is 43.7 Å². The summed E-state index contributed by atoms with van der Waals surface area (Å²) < 4.78 is 1.83. The monoisotopic (exact) mass is 274 g/mol. The standard InChI is InChI=1S/C14H18N4O2/c19-13(20)2-1-11-4-8-17(9-5-11)14-12-3-6-16-18(12)10-7-15-14/h3,6-7,10-11H,1-2,4-5,8-9H2,(H,19,20). The zero-order valence-corrected chi connectivity index (χ0v) is 11.3. The van der Waals surface area contributed by atoms with Gasteiger partial charge in [0.25, 0.3) is 0 Å². The van der Waals surface area contributed by atoms with Crippen molar-refractivity contribution in [2.24, 2.45) is 5.92 Å². The van der Waals surface area contributed by atoms with E-state index in [1.54, 1.807) is 12.4 Å². The van der Waals surface area contributed by atoms with Crippen LogP contribution in [0.3, 0.4) is 0 Å². The summed E-state index contributed by atoms with van der Waals surface area (Å²) in [7, 11) is 0. The largest absolute Gasteiger partial charge is 0.481 e. The highest BCUT2D eigenvalue weighted by Gasteiger charge is 2.22. The molecule has 2 aromatic heterocycles. The number of hydrogen-bond donors (Lipinski definition) is 1. The molecule has 1 aliphatic rings. The number of aromatic nitrogens is 3. The van der Waals surface area contributed by atoms with E-state index in [-0.39, 0.29) is 6.42 Å². The van der Waals surface area contributed by atoms with Crippen molar-refractivity contribution in [2.45, 2.75) is 25.7 Å². The van der Waals surface area contributed by atoms with Gasteiger partial charge in [0.15, 0.2) is 5.82 Å². The Kier molecular flexibility index (Phi) is 3.54. The van der Waals surface area contributed by atoms with E-state index in [2.05, 4.69) is 15.0 Å². The molecule has 0 aliphatic carbocycles. The van der Waals surface area contributed by atoms with Crippen LogP contribution in [0.2, 0.25) is 0 Å². The Morgan fingerprint density at radius 3 is 2.90 bits per heavy atom. The highest BCUT2D eigenvalue weighted by atomic mass is 16.4. The Hall–Kier alpha value is -2.11. The summed E-state index contributed by atoms with van der Waals surface area (Å²) >= 11 is 0. The Balaban J connectivity index is 1.66. The second kappa shape index (κ2) is 5.48. The van der Waals surface area contributed by atoms with Gasteiger partial charge in [-0.25, -0.2) is 9.50 Å². The van der Waals surface area contributed by atoms with Gasteiger partial charge >= 0.3 is 5.97 Å². The van der Waals surface area contributed by atoms with Gasteiger partial charge in [0, 0.05) is 31.9 Å². The van der Waals surface area contributed by atoms with Crippen molar-refractivity contribution >= 4 is 17.3 Å². The fourth-order valence-electron chi connectivity index (χ4n) is 2.85. The first-order valence-corrected chi connectivity index (χ1v) is 6.99. The van der Waals surface area contributed by atoms with Crippen molar-refractivity contribution in [1.82, 2.24) is 14.6 Å². The normalized spacial score (nSPS) is 16.7. The van der Waals surface area contributed by atoms with E-state index in [1.165, 1.54) is 0 Å². The molecule has 0 aromatic carbocycles. The van der Waals surface area contributed by atoms with Crippen LogP contribution in [0.25, 0.3) is 5.52 Å². The summed E-state index contributed by atoms with van der Waals surface area (Å²) in [4.78, 5) is 17.4. The van der Waals surface area contributed by atoms with Gasteiger partial charge < -0.3 is 10.0 Å². The number of aliphatic carboxylic acids is 1. The molecule has 0 unspecified atom stereocenters. The average Bonchev–Trinajstić information content (AvgIpc) is 2.94. The molecule has 6 nitrogen and oxygen atoms in total. The van der Waals surface area contributed by atoms with Crippen molar-refractivity contribution in [3.63, 3.8) is 0 Å². The Labute approximate surface area is 117 Å². The number of carbonyl (C=O) groups is 1. The molecule has 0 amide bonds. The fraction of sp³-hybridized carbons (Fsp3) is 0.500. The van der Waals surface area contributed by atoms with Crippen molar-refractivity contribution in [3.05, 3.63) is 24.7 Å². The third-order valence-corrected chi connectivity index (χ3v) is 3.98. The Morgan fingerprint density at radius 2 is 2.15 bits per heavy atom. The maximum Gasteiger partial charge on any atom is 0.303 e. The summed E-state index contributed by atoms with van der Waals surface area (Å²) in [5.41, 5.74) is 1.02. The van der Waals surface area contributed by atoms with Gasteiger partial charge in [0.2, 0.25) is 0 Å². The number of carboxylic acids is 1. The second-order valence-corrected chi connectivity index (χ2v) is 5.27. The highest BCUT2D eigenvalue weighted by molar-refractivity contribution is 5.68.